The molecular formula is C23H23NO. The molecule has 0 spiro atoms. The second-order valence-electron chi connectivity index (χ2n) is 6.72. The maximum atomic E-state index is 5.68. The third-order valence-corrected chi connectivity index (χ3v) is 5.10. The number of nitrogens with zero attached hydrogens (tertiary/aromatic N) is 1. The number of rotatable bonds is 3. The maximum Gasteiger partial charge on any atom is 0.128 e. The van der Waals surface area contributed by atoms with Crippen molar-refractivity contribution in [1.82, 2.24) is 4.98 Å². The van der Waals surface area contributed by atoms with Crippen molar-refractivity contribution in [3.05, 3.63) is 71.3 Å². The smallest absolute Gasteiger partial charge is 0.128 e. The molecule has 126 valence electrons. The lowest BCUT2D eigenvalue weighted by Gasteiger charge is -2.22. The average Bonchev–Trinajstić information content (AvgIpc) is 2.67. The molecule has 0 bridgehead atoms. The Bertz CT molecular complexity index is 899. The van der Waals surface area contributed by atoms with Gasteiger partial charge in [-0.25, -0.2) is 4.98 Å². The van der Waals surface area contributed by atoms with E-state index in [0.717, 1.165) is 35.5 Å². The molecule has 4 rings (SSSR count). The molecule has 0 unspecified atom stereocenters. The Morgan fingerprint density at radius 2 is 1.72 bits per heavy atom. The van der Waals surface area contributed by atoms with Gasteiger partial charge in [-0.3, -0.25) is 0 Å². The van der Waals surface area contributed by atoms with Gasteiger partial charge in [0.15, 0.2) is 0 Å². The zero-order chi connectivity index (χ0) is 17.2. The van der Waals surface area contributed by atoms with E-state index in [9.17, 15) is 0 Å². The first-order valence-electron chi connectivity index (χ1n) is 9.00. The van der Waals surface area contributed by atoms with Crippen molar-refractivity contribution in [1.29, 1.82) is 0 Å². The lowest BCUT2D eigenvalue weighted by atomic mass is 9.86. The second kappa shape index (κ2) is 6.72. The Morgan fingerprint density at radius 1 is 0.920 bits per heavy atom. The van der Waals surface area contributed by atoms with Crippen LogP contribution in [0, 0.1) is 6.92 Å². The number of benzene rings is 2. The number of hydrogen-bond acceptors (Lipinski definition) is 2. The molecule has 1 heterocycles. The Morgan fingerprint density at radius 3 is 2.52 bits per heavy atom. The lowest BCUT2D eigenvalue weighted by Crippen LogP contribution is -2.08. The van der Waals surface area contributed by atoms with Gasteiger partial charge in [0.1, 0.15) is 5.75 Å². The van der Waals surface area contributed by atoms with Crippen molar-refractivity contribution in [3.8, 4) is 28.3 Å². The third kappa shape index (κ3) is 2.93. The summed E-state index contributed by atoms with van der Waals surface area (Å²) in [4.78, 5) is 5.12. The predicted octanol–water partition coefficient (Wildman–Crippen LogP) is 5.61. The monoisotopic (exact) mass is 329 g/mol. The van der Waals surface area contributed by atoms with E-state index in [1.807, 2.05) is 18.2 Å². The maximum absolute atomic E-state index is 5.68. The van der Waals surface area contributed by atoms with Gasteiger partial charge in [-0.2, -0.15) is 0 Å². The molecule has 0 fully saturated rings. The first-order valence-corrected chi connectivity index (χ1v) is 9.00. The molecule has 0 amide bonds. The fourth-order valence-electron chi connectivity index (χ4n) is 3.82. The summed E-state index contributed by atoms with van der Waals surface area (Å²) < 4.78 is 5.68. The molecular weight excluding hydrogens is 306 g/mol. The van der Waals surface area contributed by atoms with E-state index in [2.05, 4.69) is 43.3 Å². The highest BCUT2D eigenvalue weighted by atomic mass is 16.5. The molecule has 1 aromatic heterocycles. The second-order valence-corrected chi connectivity index (χ2v) is 6.72. The summed E-state index contributed by atoms with van der Waals surface area (Å²) >= 11 is 0. The van der Waals surface area contributed by atoms with E-state index in [0.29, 0.717) is 0 Å². The fourth-order valence-corrected chi connectivity index (χ4v) is 3.82. The normalized spacial score (nSPS) is 13.4. The largest absolute Gasteiger partial charge is 0.496 e. The first-order chi connectivity index (χ1) is 12.3. The zero-order valence-corrected chi connectivity index (χ0v) is 14.9. The number of pyridine rings is 1. The standard InChI is InChI=1S/C23H23NO/c1-16-9-8-14-21(25-2)22(16)23-19-13-7-6-12-18(19)15-20(24-23)17-10-4-3-5-11-17/h3-5,8-11,14-15H,6-7,12-13H2,1-2H3. The summed E-state index contributed by atoms with van der Waals surface area (Å²) in [6, 6.07) is 19.0. The molecule has 0 atom stereocenters. The van der Waals surface area contributed by atoms with Crippen molar-refractivity contribution in [3.63, 3.8) is 0 Å². The van der Waals surface area contributed by atoms with Gasteiger partial charge < -0.3 is 4.74 Å². The van der Waals surface area contributed by atoms with Crippen LogP contribution in [0.4, 0.5) is 0 Å². The van der Waals surface area contributed by atoms with Crippen LogP contribution in [0.25, 0.3) is 22.5 Å². The van der Waals surface area contributed by atoms with Crippen LogP contribution in [0.15, 0.2) is 54.6 Å². The molecule has 25 heavy (non-hydrogen) atoms. The average molecular weight is 329 g/mol. The molecule has 0 saturated heterocycles. The molecule has 2 nitrogen and oxygen atoms in total. The number of fused-ring (bicyclic) bond motifs is 1. The summed E-state index contributed by atoms with van der Waals surface area (Å²) in [7, 11) is 1.74. The zero-order valence-electron chi connectivity index (χ0n) is 14.9. The van der Waals surface area contributed by atoms with Crippen LogP contribution < -0.4 is 4.74 Å². The van der Waals surface area contributed by atoms with Gasteiger partial charge in [0.05, 0.1) is 18.5 Å². The van der Waals surface area contributed by atoms with Gasteiger partial charge in [-0.1, -0.05) is 42.5 Å². The van der Waals surface area contributed by atoms with E-state index >= 15 is 0 Å². The summed E-state index contributed by atoms with van der Waals surface area (Å²) in [6.45, 7) is 2.14. The van der Waals surface area contributed by atoms with Crippen LogP contribution in [-0.4, -0.2) is 12.1 Å². The van der Waals surface area contributed by atoms with Crippen LogP contribution in [0.5, 0.6) is 5.75 Å². The number of aryl methyl sites for hydroxylation is 2. The molecule has 3 aromatic rings. The number of hydrogen-bond donors (Lipinski definition) is 0. The quantitative estimate of drug-likeness (QED) is 0.623. The molecule has 2 aromatic carbocycles. The molecule has 1 aliphatic rings. The summed E-state index contributed by atoms with van der Waals surface area (Å²) in [6.07, 6.45) is 4.74. The number of methoxy groups -OCH3 is 1. The van der Waals surface area contributed by atoms with Crippen LogP contribution in [-0.2, 0) is 12.8 Å². The highest BCUT2D eigenvalue weighted by Gasteiger charge is 2.21. The SMILES string of the molecule is COc1cccc(C)c1-c1nc(-c2ccccc2)cc2c1CCCC2. The van der Waals surface area contributed by atoms with Crippen molar-refractivity contribution in [2.24, 2.45) is 0 Å². The van der Waals surface area contributed by atoms with Crippen molar-refractivity contribution in [2.75, 3.05) is 7.11 Å². The summed E-state index contributed by atoms with van der Waals surface area (Å²) in [5, 5.41) is 0. The lowest BCUT2D eigenvalue weighted by molar-refractivity contribution is 0.416. The minimum atomic E-state index is 0.908. The molecule has 0 saturated carbocycles. The van der Waals surface area contributed by atoms with Crippen LogP contribution in [0.1, 0.15) is 29.5 Å². The minimum absolute atomic E-state index is 0.908. The van der Waals surface area contributed by atoms with E-state index in [-0.39, 0.29) is 0 Å². The Labute approximate surface area is 149 Å². The number of ether oxygens (including phenoxy) is 1. The van der Waals surface area contributed by atoms with Crippen LogP contribution >= 0.6 is 0 Å². The van der Waals surface area contributed by atoms with E-state index in [4.69, 9.17) is 9.72 Å². The molecule has 2 heteroatoms. The fraction of sp³-hybridized carbons (Fsp3) is 0.261. The van der Waals surface area contributed by atoms with Crippen LogP contribution in [0.2, 0.25) is 0 Å². The predicted molar refractivity (Wildman–Crippen MR) is 103 cm³/mol. The van der Waals surface area contributed by atoms with E-state index in [1.165, 1.54) is 35.1 Å². The van der Waals surface area contributed by atoms with Gasteiger partial charge in [-0.05, 0) is 61.4 Å². The van der Waals surface area contributed by atoms with E-state index < -0.39 is 0 Å². The van der Waals surface area contributed by atoms with Gasteiger partial charge in [0.25, 0.3) is 0 Å². The highest BCUT2D eigenvalue weighted by Crippen LogP contribution is 2.39. The highest BCUT2D eigenvalue weighted by molar-refractivity contribution is 5.77. The summed E-state index contributed by atoms with van der Waals surface area (Å²) in [5.74, 6) is 0.908. The minimum Gasteiger partial charge on any atom is -0.496 e. The number of aromatic nitrogens is 1. The van der Waals surface area contributed by atoms with Gasteiger partial charge in [0, 0.05) is 11.1 Å². The van der Waals surface area contributed by atoms with Crippen molar-refractivity contribution < 1.29 is 4.74 Å². The first kappa shape index (κ1) is 15.9. The van der Waals surface area contributed by atoms with Crippen molar-refractivity contribution >= 4 is 0 Å². The van der Waals surface area contributed by atoms with Gasteiger partial charge >= 0.3 is 0 Å². The third-order valence-electron chi connectivity index (χ3n) is 5.10. The van der Waals surface area contributed by atoms with Gasteiger partial charge in [-0.15, -0.1) is 0 Å². The molecule has 1 aliphatic carbocycles. The van der Waals surface area contributed by atoms with Gasteiger partial charge in [0.2, 0.25) is 0 Å². The van der Waals surface area contributed by atoms with E-state index in [1.54, 1.807) is 7.11 Å². The van der Waals surface area contributed by atoms with Crippen LogP contribution in [0.3, 0.4) is 0 Å². The Kier molecular flexibility index (Phi) is 4.27. The Hall–Kier alpha value is -2.61. The summed E-state index contributed by atoms with van der Waals surface area (Å²) in [5.41, 5.74) is 8.53. The topological polar surface area (TPSA) is 22.1 Å². The molecule has 0 N–H and O–H groups in total. The van der Waals surface area contributed by atoms with Crippen molar-refractivity contribution in [2.45, 2.75) is 32.6 Å². The molecule has 0 aliphatic heterocycles. The Balaban J connectivity index is 1.99. The molecule has 0 radical (unpaired) electrons.